The van der Waals surface area contributed by atoms with Crippen LogP contribution in [0.2, 0.25) is 0 Å². The topological polar surface area (TPSA) is 26.3 Å². The van der Waals surface area contributed by atoms with Crippen LogP contribution in [0.3, 0.4) is 0 Å². The fraction of sp³-hybridized carbons (Fsp3) is 0.387. The van der Waals surface area contributed by atoms with Crippen molar-refractivity contribution >= 4 is 5.97 Å². The Labute approximate surface area is 211 Å². The van der Waals surface area contributed by atoms with Gasteiger partial charge in [0.2, 0.25) is 0 Å². The molecule has 0 atom stereocenters. The van der Waals surface area contributed by atoms with Crippen LogP contribution < -0.4 is 0 Å². The maximum Gasteiger partial charge on any atom is 0.341 e. The summed E-state index contributed by atoms with van der Waals surface area (Å²) in [6.07, 6.45) is 5.45. The summed E-state index contributed by atoms with van der Waals surface area (Å²) < 4.78 is 50.1. The molecule has 0 saturated heterocycles. The van der Waals surface area contributed by atoms with Gasteiger partial charge in [-0.1, -0.05) is 62.7 Å². The zero-order valence-corrected chi connectivity index (χ0v) is 21.0. The molecule has 0 N–H and O–H groups in total. The van der Waals surface area contributed by atoms with Crippen LogP contribution in [0.15, 0.2) is 54.6 Å². The lowest BCUT2D eigenvalue weighted by atomic mass is 9.82. The molecule has 1 saturated carbocycles. The Morgan fingerprint density at radius 2 is 1.56 bits per heavy atom. The second-order valence-electron chi connectivity index (χ2n) is 9.68. The minimum absolute atomic E-state index is 0.0620. The number of rotatable bonds is 8. The molecule has 1 fully saturated rings. The van der Waals surface area contributed by atoms with Gasteiger partial charge in [0.15, 0.2) is 11.6 Å². The fourth-order valence-corrected chi connectivity index (χ4v) is 4.99. The molecule has 0 unspecified atom stereocenters. The summed E-state index contributed by atoms with van der Waals surface area (Å²) >= 11 is 0. The molecule has 3 aromatic rings. The van der Waals surface area contributed by atoms with Gasteiger partial charge in [-0.2, -0.15) is 0 Å². The van der Waals surface area contributed by atoms with E-state index in [0.717, 1.165) is 36.8 Å². The van der Waals surface area contributed by atoms with E-state index in [1.54, 1.807) is 18.2 Å². The van der Waals surface area contributed by atoms with Crippen molar-refractivity contribution < 1.29 is 22.7 Å². The number of esters is 1. The smallest absolute Gasteiger partial charge is 0.341 e. The normalized spacial score (nSPS) is 17.7. The molecule has 4 rings (SSSR count). The lowest BCUT2D eigenvalue weighted by Gasteiger charge is -2.29. The van der Waals surface area contributed by atoms with E-state index < -0.39 is 23.4 Å². The van der Waals surface area contributed by atoms with Crippen LogP contribution >= 0.6 is 0 Å². The average molecular weight is 495 g/mol. The lowest BCUT2D eigenvalue weighted by Crippen LogP contribution is -2.25. The van der Waals surface area contributed by atoms with Crippen molar-refractivity contribution in [1.82, 2.24) is 0 Å². The van der Waals surface area contributed by atoms with Gasteiger partial charge >= 0.3 is 5.97 Å². The third-order valence-corrected chi connectivity index (χ3v) is 7.25. The highest BCUT2D eigenvalue weighted by atomic mass is 19.2. The first-order chi connectivity index (χ1) is 17.4. The number of carbonyl (C=O) groups excluding carboxylic acids is 1. The van der Waals surface area contributed by atoms with E-state index in [2.05, 4.69) is 6.92 Å². The van der Waals surface area contributed by atoms with Gasteiger partial charge in [-0.25, -0.2) is 18.0 Å². The second-order valence-corrected chi connectivity index (χ2v) is 9.68. The number of hydrogen-bond acceptors (Lipinski definition) is 2. The molecule has 0 bridgehead atoms. The highest BCUT2D eigenvalue weighted by Crippen LogP contribution is 2.38. The van der Waals surface area contributed by atoms with E-state index in [1.165, 1.54) is 12.1 Å². The van der Waals surface area contributed by atoms with E-state index in [-0.39, 0.29) is 23.1 Å². The van der Waals surface area contributed by atoms with E-state index in [4.69, 9.17) is 4.74 Å². The maximum atomic E-state index is 15.1. The average Bonchev–Trinajstić information content (AvgIpc) is 2.89. The maximum absolute atomic E-state index is 15.1. The van der Waals surface area contributed by atoms with Gasteiger partial charge in [-0.3, -0.25) is 0 Å². The van der Waals surface area contributed by atoms with Crippen molar-refractivity contribution in [2.45, 2.75) is 77.2 Å². The predicted molar refractivity (Wildman–Crippen MR) is 137 cm³/mol. The van der Waals surface area contributed by atoms with E-state index in [0.29, 0.717) is 36.8 Å². The first-order valence-corrected chi connectivity index (χ1v) is 13.0. The van der Waals surface area contributed by atoms with E-state index >= 15 is 4.39 Å². The Morgan fingerprint density at radius 3 is 2.19 bits per heavy atom. The van der Waals surface area contributed by atoms with Crippen LogP contribution in [0.4, 0.5) is 13.2 Å². The summed E-state index contributed by atoms with van der Waals surface area (Å²) in [6.45, 7) is 4.12. The number of benzene rings is 3. The Hall–Kier alpha value is -3.08. The van der Waals surface area contributed by atoms with Gasteiger partial charge in [-0.05, 0) is 85.3 Å². The summed E-state index contributed by atoms with van der Waals surface area (Å²) in [4.78, 5) is 12.6. The fourth-order valence-electron chi connectivity index (χ4n) is 4.99. The summed E-state index contributed by atoms with van der Waals surface area (Å²) in [5.74, 6) is -3.03. The zero-order chi connectivity index (χ0) is 25.7. The molecule has 0 heterocycles. The minimum atomic E-state index is -0.830. The molecule has 5 heteroatoms. The first-order valence-electron chi connectivity index (χ1n) is 13.0. The van der Waals surface area contributed by atoms with Gasteiger partial charge in [0.25, 0.3) is 0 Å². The molecule has 0 spiro atoms. The number of unbranched alkanes of at least 4 members (excludes halogenated alkanes) is 1. The van der Waals surface area contributed by atoms with Crippen LogP contribution in [-0.2, 0) is 17.6 Å². The van der Waals surface area contributed by atoms with Crippen LogP contribution in [-0.4, -0.2) is 12.1 Å². The molecular weight excluding hydrogens is 461 g/mol. The van der Waals surface area contributed by atoms with Crippen molar-refractivity contribution in [2.24, 2.45) is 0 Å². The molecule has 0 aliphatic heterocycles. The van der Waals surface area contributed by atoms with Crippen LogP contribution in [0.1, 0.15) is 85.3 Å². The van der Waals surface area contributed by atoms with Crippen LogP contribution in [0, 0.1) is 17.5 Å². The molecule has 1 aliphatic carbocycles. The molecule has 2 nitrogen and oxygen atoms in total. The SMILES string of the molecule is CCCCc1ccc(C(=O)OC2CCC(c3ccc(-c4ccc(CC)cc4)c(F)c3F)CC2)c(F)c1. The third kappa shape index (κ3) is 5.83. The third-order valence-electron chi connectivity index (χ3n) is 7.25. The quantitative estimate of drug-likeness (QED) is 0.293. The molecule has 36 heavy (non-hydrogen) atoms. The van der Waals surface area contributed by atoms with Crippen molar-refractivity contribution in [3.05, 3.63) is 94.3 Å². The molecule has 0 aromatic heterocycles. The van der Waals surface area contributed by atoms with Crippen molar-refractivity contribution in [1.29, 1.82) is 0 Å². The van der Waals surface area contributed by atoms with E-state index in [9.17, 15) is 13.6 Å². The number of carbonyl (C=O) groups is 1. The van der Waals surface area contributed by atoms with E-state index in [1.807, 2.05) is 31.2 Å². The van der Waals surface area contributed by atoms with Crippen LogP contribution in [0.25, 0.3) is 11.1 Å². The van der Waals surface area contributed by atoms with Crippen LogP contribution in [0.5, 0.6) is 0 Å². The zero-order valence-electron chi connectivity index (χ0n) is 21.0. The summed E-state index contributed by atoms with van der Waals surface area (Å²) in [7, 11) is 0. The lowest BCUT2D eigenvalue weighted by molar-refractivity contribution is 0.0189. The van der Waals surface area contributed by atoms with Gasteiger partial charge < -0.3 is 4.74 Å². The predicted octanol–water partition coefficient (Wildman–Crippen LogP) is 8.56. The number of ether oxygens (including phenoxy) is 1. The van der Waals surface area contributed by atoms with Crippen molar-refractivity contribution in [3.63, 3.8) is 0 Å². The second kappa shape index (κ2) is 11.8. The number of hydrogen-bond donors (Lipinski definition) is 0. The van der Waals surface area contributed by atoms with Gasteiger partial charge in [0.1, 0.15) is 11.9 Å². The summed E-state index contributed by atoms with van der Waals surface area (Å²) in [6, 6.07) is 15.5. The van der Waals surface area contributed by atoms with Gasteiger partial charge in [0, 0.05) is 5.56 Å². The molecule has 3 aromatic carbocycles. The molecular formula is C31H33F3O2. The minimum Gasteiger partial charge on any atom is -0.459 e. The Kier molecular flexibility index (Phi) is 8.50. The van der Waals surface area contributed by atoms with Gasteiger partial charge in [-0.15, -0.1) is 0 Å². The first kappa shape index (κ1) is 26.0. The largest absolute Gasteiger partial charge is 0.459 e. The Bertz CT molecular complexity index is 1200. The monoisotopic (exact) mass is 494 g/mol. The molecule has 0 amide bonds. The Balaban J connectivity index is 1.37. The number of aryl methyl sites for hydroxylation is 2. The highest BCUT2D eigenvalue weighted by Gasteiger charge is 2.29. The van der Waals surface area contributed by atoms with Crippen molar-refractivity contribution in [2.75, 3.05) is 0 Å². The highest BCUT2D eigenvalue weighted by molar-refractivity contribution is 5.89. The van der Waals surface area contributed by atoms with Gasteiger partial charge in [0.05, 0.1) is 5.56 Å². The summed E-state index contributed by atoms with van der Waals surface area (Å²) in [5, 5.41) is 0. The molecule has 0 radical (unpaired) electrons. The summed E-state index contributed by atoms with van der Waals surface area (Å²) in [5.41, 5.74) is 3.21. The number of halogens is 3. The standard InChI is InChI=1S/C31H33F3O2/c1-3-5-6-21-9-16-27(28(32)19-21)31(35)36-24-14-12-23(13-15-24)26-18-17-25(29(33)30(26)34)22-10-7-20(4-2)8-11-22/h7-11,16-19,23-24H,3-6,12-15H2,1-2H3. The molecule has 190 valence electrons. The van der Waals surface area contributed by atoms with Crippen molar-refractivity contribution in [3.8, 4) is 11.1 Å². The molecule has 1 aliphatic rings. The Morgan fingerprint density at radius 1 is 0.861 bits per heavy atom.